The molecule has 0 atom stereocenters. The molecule has 2 amide bonds. The summed E-state index contributed by atoms with van der Waals surface area (Å²) < 4.78 is 0. The van der Waals surface area contributed by atoms with Crippen LogP contribution in [-0.2, 0) is 9.59 Å². The van der Waals surface area contributed by atoms with Crippen LogP contribution >= 0.6 is 0 Å². The molecule has 6 nitrogen and oxygen atoms in total. The summed E-state index contributed by atoms with van der Waals surface area (Å²) in [5, 5.41) is 13.4. The topological polar surface area (TPSA) is 95.5 Å². The fraction of sp³-hybridized carbons (Fsp3) is 0.0556. The molecule has 0 aromatic heterocycles. The van der Waals surface area contributed by atoms with Gasteiger partial charge in [0.25, 0.3) is 11.8 Å². The van der Waals surface area contributed by atoms with Crippen molar-refractivity contribution in [1.29, 1.82) is 0 Å². The number of nitrogens with one attached hydrogen (secondary N) is 2. The lowest BCUT2D eigenvalue weighted by Gasteiger charge is -2.10. The van der Waals surface area contributed by atoms with E-state index in [2.05, 4.69) is 10.6 Å². The monoisotopic (exact) mass is 324 g/mol. The Bertz CT molecular complexity index is 755. The molecule has 0 spiro atoms. The third-order valence-corrected chi connectivity index (χ3v) is 3.04. The first-order chi connectivity index (χ1) is 11.6. The molecule has 2 aromatic rings. The first-order valence-corrected chi connectivity index (χ1v) is 7.19. The predicted octanol–water partition coefficient (Wildman–Crippen LogP) is 1.66. The minimum Gasteiger partial charge on any atom is -0.480 e. The van der Waals surface area contributed by atoms with Gasteiger partial charge in [0.05, 0.1) is 0 Å². The number of carbonyl (C=O) groups excluding carboxylic acids is 2. The van der Waals surface area contributed by atoms with Crippen LogP contribution in [0.15, 0.2) is 66.4 Å². The van der Waals surface area contributed by atoms with E-state index in [0.29, 0.717) is 11.1 Å². The van der Waals surface area contributed by atoms with Gasteiger partial charge >= 0.3 is 5.97 Å². The van der Waals surface area contributed by atoms with E-state index in [-0.39, 0.29) is 5.70 Å². The van der Waals surface area contributed by atoms with Crippen LogP contribution in [-0.4, -0.2) is 29.4 Å². The van der Waals surface area contributed by atoms with Gasteiger partial charge in [0.15, 0.2) is 0 Å². The molecule has 3 N–H and O–H groups in total. The van der Waals surface area contributed by atoms with Gasteiger partial charge in [-0.3, -0.25) is 14.4 Å². The van der Waals surface area contributed by atoms with Crippen LogP contribution in [0.4, 0.5) is 0 Å². The summed E-state index contributed by atoms with van der Waals surface area (Å²) in [6.07, 6.45) is 1.48. The van der Waals surface area contributed by atoms with Crippen molar-refractivity contribution in [2.75, 3.05) is 6.54 Å². The number of hydrogen-bond donors (Lipinski definition) is 3. The summed E-state index contributed by atoms with van der Waals surface area (Å²) in [5.41, 5.74) is 1.06. The smallest absolute Gasteiger partial charge is 0.322 e. The minimum atomic E-state index is -1.17. The highest BCUT2D eigenvalue weighted by Gasteiger charge is 2.15. The lowest BCUT2D eigenvalue weighted by Crippen LogP contribution is -2.37. The first kappa shape index (κ1) is 17.0. The van der Waals surface area contributed by atoms with Crippen molar-refractivity contribution in [2.45, 2.75) is 0 Å². The largest absolute Gasteiger partial charge is 0.480 e. The van der Waals surface area contributed by atoms with Crippen molar-refractivity contribution in [2.24, 2.45) is 0 Å². The van der Waals surface area contributed by atoms with Crippen LogP contribution in [0.25, 0.3) is 6.08 Å². The molecule has 2 rings (SSSR count). The average Bonchev–Trinajstić information content (AvgIpc) is 2.60. The van der Waals surface area contributed by atoms with Crippen LogP contribution in [0.5, 0.6) is 0 Å². The van der Waals surface area contributed by atoms with Crippen molar-refractivity contribution < 1.29 is 19.5 Å². The Balaban J connectivity index is 2.22. The zero-order valence-electron chi connectivity index (χ0n) is 12.7. The van der Waals surface area contributed by atoms with E-state index in [1.54, 1.807) is 54.6 Å². The van der Waals surface area contributed by atoms with Gasteiger partial charge in [0.2, 0.25) is 0 Å². The Hall–Kier alpha value is -3.41. The van der Waals surface area contributed by atoms with E-state index in [1.807, 2.05) is 6.07 Å². The Morgan fingerprint density at radius 3 is 2.08 bits per heavy atom. The van der Waals surface area contributed by atoms with E-state index < -0.39 is 24.3 Å². The summed E-state index contributed by atoms with van der Waals surface area (Å²) >= 11 is 0. The van der Waals surface area contributed by atoms with Crippen LogP contribution in [0.1, 0.15) is 15.9 Å². The van der Waals surface area contributed by atoms with Crippen LogP contribution in [0, 0.1) is 0 Å². The third kappa shape index (κ3) is 5.10. The van der Waals surface area contributed by atoms with Crippen LogP contribution in [0.2, 0.25) is 0 Å². The molecule has 0 bridgehead atoms. The molecule has 0 aliphatic carbocycles. The molecule has 0 unspecified atom stereocenters. The number of carbonyl (C=O) groups is 3. The first-order valence-electron chi connectivity index (χ1n) is 7.19. The number of carboxylic acid groups (broad SMARTS) is 1. The molecule has 0 saturated carbocycles. The zero-order valence-corrected chi connectivity index (χ0v) is 12.7. The van der Waals surface area contributed by atoms with Gasteiger partial charge in [-0.2, -0.15) is 0 Å². The van der Waals surface area contributed by atoms with Gasteiger partial charge in [0, 0.05) is 5.56 Å². The fourth-order valence-corrected chi connectivity index (χ4v) is 1.91. The van der Waals surface area contributed by atoms with Crippen molar-refractivity contribution >= 4 is 23.9 Å². The van der Waals surface area contributed by atoms with Crippen molar-refractivity contribution in [3.05, 3.63) is 77.5 Å². The third-order valence-electron chi connectivity index (χ3n) is 3.04. The Labute approximate surface area is 138 Å². The summed E-state index contributed by atoms with van der Waals surface area (Å²) in [6.45, 7) is -0.536. The highest BCUT2D eigenvalue weighted by atomic mass is 16.4. The maximum Gasteiger partial charge on any atom is 0.322 e. The van der Waals surface area contributed by atoms with E-state index in [0.717, 1.165) is 0 Å². The molecule has 0 fully saturated rings. The van der Waals surface area contributed by atoms with Gasteiger partial charge in [-0.1, -0.05) is 48.5 Å². The number of hydrogen-bond acceptors (Lipinski definition) is 3. The molecule has 0 aliphatic heterocycles. The quantitative estimate of drug-likeness (QED) is 0.704. The number of amides is 2. The van der Waals surface area contributed by atoms with Crippen molar-refractivity contribution in [3.63, 3.8) is 0 Å². The average molecular weight is 324 g/mol. The second kappa shape index (κ2) is 8.28. The highest BCUT2D eigenvalue weighted by molar-refractivity contribution is 6.05. The molecule has 24 heavy (non-hydrogen) atoms. The van der Waals surface area contributed by atoms with E-state index in [9.17, 15) is 14.4 Å². The molecule has 0 aliphatic rings. The van der Waals surface area contributed by atoms with E-state index >= 15 is 0 Å². The van der Waals surface area contributed by atoms with Gasteiger partial charge in [-0.05, 0) is 23.8 Å². The molecule has 0 radical (unpaired) electrons. The van der Waals surface area contributed by atoms with E-state index in [1.165, 1.54) is 6.08 Å². The minimum absolute atomic E-state index is 0.0312. The van der Waals surface area contributed by atoms with Gasteiger partial charge in [-0.15, -0.1) is 0 Å². The maximum absolute atomic E-state index is 12.2. The normalized spacial score (nSPS) is 10.8. The highest BCUT2D eigenvalue weighted by Crippen LogP contribution is 2.07. The predicted molar refractivity (Wildman–Crippen MR) is 89.0 cm³/mol. The molecule has 122 valence electrons. The maximum atomic E-state index is 12.2. The Morgan fingerprint density at radius 2 is 1.50 bits per heavy atom. The van der Waals surface area contributed by atoms with Gasteiger partial charge in [-0.25, -0.2) is 0 Å². The summed E-state index contributed by atoms with van der Waals surface area (Å²) in [5.74, 6) is -2.30. The van der Waals surface area contributed by atoms with Crippen molar-refractivity contribution in [1.82, 2.24) is 10.6 Å². The van der Waals surface area contributed by atoms with Gasteiger partial charge < -0.3 is 15.7 Å². The molecule has 6 heteroatoms. The lowest BCUT2D eigenvalue weighted by atomic mass is 10.1. The summed E-state index contributed by atoms with van der Waals surface area (Å²) in [4.78, 5) is 35.0. The number of aliphatic carboxylic acids is 1. The SMILES string of the molecule is O=C(O)CNC(=O)/C(=C\c1ccccc1)NC(=O)c1ccccc1. The number of benzene rings is 2. The lowest BCUT2D eigenvalue weighted by molar-refractivity contribution is -0.137. The Morgan fingerprint density at radius 1 is 0.917 bits per heavy atom. The van der Waals surface area contributed by atoms with Crippen molar-refractivity contribution in [3.8, 4) is 0 Å². The number of carboxylic acids is 1. The molecular formula is C18H16N2O4. The standard InChI is InChI=1S/C18H16N2O4/c21-16(22)12-19-18(24)15(11-13-7-3-1-4-8-13)20-17(23)14-9-5-2-6-10-14/h1-11H,12H2,(H,19,24)(H,20,23)(H,21,22)/b15-11+. The van der Waals surface area contributed by atoms with Crippen LogP contribution in [0.3, 0.4) is 0 Å². The van der Waals surface area contributed by atoms with E-state index in [4.69, 9.17) is 5.11 Å². The second-order valence-corrected chi connectivity index (χ2v) is 4.87. The Kier molecular flexibility index (Phi) is 5.85. The zero-order chi connectivity index (χ0) is 17.4. The molecule has 0 saturated heterocycles. The summed E-state index contributed by atoms with van der Waals surface area (Å²) in [6, 6.07) is 17.4. The number of rotatable bonds is 6. The fourth-order valence-electron chi connectivity index (χ4n) is 1.91. The molecule has 0 heterocycles. The molecule has 2 aromatic carbocycles. The summed E-state index contributed by atoms with van der Waals surface area (Å²) in [7, 11) is 0. The molecular weight excluding hydrogens is 308 g/mol. The van der Waals surface area contributed by atoms with Crippen LogP contribution < -0.4 is 10.6 Å². The second-order valence-electron chi connectivity index (χ2n) is 4.87. The van der Waals surface area contributed by atoms with Gasteiger partial charge in [0.1, 0.15) is 12.2 Å².